The van der Waals surface area contributed by atoms with Crippen molar-refractivity contribution >= 4 is 5.91 Å². The summed E-state index contributed by atoms with van der Waals surface area (Å²) in [6.45, 7) is 0.382. The predicted molar refractivity (Wildman–Crippen MR) is 87.4 cm³/mol. The predicted octanol–water partition coefficient (Wildman–Crippen LogP) is 3.10. The molecule has 1 heterocycles. The number of carbonyl (C=O) groups is 1. The summed E-state index contributed by atoms with van der Waals surface area (Å²) >= 11 is 0. The molecule has 1 amide bonds. The standard InChI is InChI=1S/C18H28N2O3/c1-20(13-18(22)11-7-2-3-8-12-18)17(21)16-14-9-5-4-6-10-15(14)23-19-16/h22H,2-13H2,1H3. The zero-order chi connectivity index (χ0) is 16.3. The molecular formula is C18H28N2O3. The van der Waals surface area contributed by atoms with Gasteiger partial charge < -0.3 is 14.5 Å². The zero-order valence-corrected chi connectivity index (χ0v) is 14.1. The van der Waals surface area contributed by atoms with Gasteiger partial charge in [0.1, 0.15) is 5.76 Å². The largest absolute Gasteiger partial charge is 0.388 e. The fourth-order valence-corrected chi connectivity index (χ4v) is 3.97. The third kappa shape index (κ3) is 3.77. The molecule has 0 radical (unpaired) electrons. The van der Waals surface area contributed by atoms with Gasteiger partial charge in [-0.1, -0.05) is 37.3 Å². The van der Waals surface area contributed by atoms with E-state index in [9.17, 15) is 9.90 Å². The van der Waals surface area contributed by atoms with Crippen LogP contribution in [-0.4, -0.2) is 40.3 Å². The molecule has 0 spiro atoms. The number of hydrogen-bond donors (Lipinski definition) is 1. The van der Waals surface area contributed by atoms with Crippen molar-refractivity contribution in [3.8, 4) is 0 Å². The van der Waals surface area contributed by atoms with Gasteiger partial charge in [0.25, 0.3) is 5.91 Å². The first-order chi connectivity index (χ1) is 11.1. The van der Waals surface area contributed by atoms with Crippen LogP contribution in [0.2, 0.25) is 0 Å². The fourth-order valence-electron chi connectivity index (χ4n) is 3.97. The van der Waals surface area contributed by atoms with Crippen molar-refractivity contribution in [2.75, 3.05) is 13.6 Å². The van der Waals surface area contributed by atoms with E-state index in [2.05, 4.69) is 5.16 Å². The summed E-state index contributed by atoms with van der Waals surface area (Å²) in [6, 6.07) is 0. The molecule has 5 heteroatoms. The maximum absolute atomic E-state index is 12.8. The molecule has 0 bridgehead atoms. The summed E-state index contributed by atoms with van der Waals surface area (Å²) in [4.78, 5) is 14.4. The van der Waals surface area contributed by atoms with Crippen LogP contribution in [0.5, 0.6) is 0 Å². The molecule has 0 unspecified atom stereocenters. The van der Waals surface area contributed by atoms with Crippen LogP contribution in [0, 0.1) is 0 Å². The lowest BCUT2D eigenvalue weighted by atomic mass is 9.94. The molecule has 1 aromatic rings. The summed E-state index contributed by atoms with van der Waals surface area (Å²) < 4.78 is 5.41. The topological polar surface area (TPSA) is 66.6 Å². The van der Waals surface area contributed by atoms with Crippen LogP contribution in [0.3, 0.4) is 0 Å². The van der Waals surface area contributed by atoms with E-state index >= 15 is 0 Å². The Kier molecular flexibility index (Phi) is 5.05. The van der Waals surface area contributed by atoms with Crippen molar-refractivity contribution in [1.29, 1.82) is 0 Å². The van der Waals surface area contributed by atoms with Crippen molar-refractivity contribution in [2.24, 2.45) is 0 Å². The first kappa shape index (κ1) is 16.5. The number of amides is 1. The zero-order valence-electron chi connectivity index (χ0n) is 14.1. The lowest BCUT2D eigenvalue weighted by Gasteiger charge is -2.31. The Morgan fingerprint density at radius 2 is 1.78 bits per heavy atom. The molecule has 1 N–H and O–H groups in total. The highest BCUT2D eigenvalue weighted by atomic mass is 16.5. The molecule has 128 valence electrons. The van der Waals surface area contributed by atoms with Crippen LogP contribution in [0.25, 0.3) is 0 Å². The number of likely N-dealkylation sites (N-methyl/N-ethyl adjacent to an activating group) is 1. The van der Waals surface area contributed by atoms with Gasteiger partial charge in [-0.05, 0) is 32.1 Å². The minimum absolute atomic E-state index is 0.116. The Labute approximate surface area is 138 Å². The van der Waals surface area contributed by atoms with Gasteiger partial charge in [0.05, 0.1) is 5.60 Å². The van der Waals surface area contributed by atoms with Crippen LogP contribution >= 0.6 is 0 Å². The van der Waals surface area contributed by atoms with Gasteiger partial charge in [-0.25, -0.2) is 0 Å². The average Bonchev–Trinajstić information content (AvgIpc) is 2.69. The molecule has 1 aromatic heterocycles. The number of aliphatic hydroxyl groups is 1. The molecule has 3 rings (SSSR count). The summed E-state index contributed by atoms with van der Waals surface area (Å²) in [5.41, 5.74) is 0.704. The van der Waals surface area contributed by atoms with Crippen molar-refractivity contribution < 1.29 is 14.4 Å². The number of carbonyl (C=O) groups excluding carboxylic acids is 1. The third-order valence-corrected chi connectivity index (χ3v) is 5.32. The van der Waals surface area contributed by atoms with Gasteiger partial charge in [-0.2, -0.15) is 0 Å². The molecule has 0 aromatic carbocycles. The number of hydrogen-bond acceptors (Lipinski definition) is 4. The van der Waals surface area contributed by atoms with Crippen LogP contribution in [-0.2, 0) is 12.8 Å². The van der Waals surface area contributed by atoms with Crippen molar-refractivity contribution in [3.63, 3.8) is 0 Å². The van der Waals surface area contributed by atoms with E-state index in [1.165, 1.54) is 19.3 Å². The second-order valence-electron chi connectivity index (χ2n) is 7.29. The van der Waals surface area contributed by atoms with Gasteiger partial charge >= 0.3 is 0 Å². The number of nitrogens with zero attached hydrogens (tertiary/aromatic N) is 2. The summed E-state index contributed by atoms with van der Waals surface area (Å²) in [7, 11) is 1.77. The minimum Gasteiger partial charge on any atom is -0.388 e. The van der Waals surface area contributed by atoms with Gasteiger partial charge in [0, 0.05) is 25.6 Å². The fraction of sp³-hybridized carbons (Fsp3) is 0.778. The minimum atomic E-state index is -0.748. The molecule has 0 aliphatic heterocycles. The quantitative estimate of drug-likeness (QED) is 0.686. The Morgan fingerprint density at radius 1 is 1.13 bits per heavy atom. The second-order valence-corrected chi connectivity index (χ2v) is 7.29. The second kappa shape index (κ2) is 7.04. The van der Waals surface area contributed by atoms with Gasteiger partial charge in [0.2, 0.25) is 0 Å². The monoisotopic (exact) mass is 320 g/mol. The normalized spacial score (nSPS) is 21.1. The van der Waals surface area contributed by atoms with Gasteiger partial charge in [-0.15, -0.1) is 0 Å². The van der Waals surface area contributed by atoms with Gasteiger partial charge in [-0.3, -0.25) is 4.79 Å². The molecule has 5 nitrogen and oxygen atoms in total. The van der Waals surface area contributed by atoms with Crippen molar-refractivity contribution in [2.45, 2.75) is 76.2 Å². The highest BCUT2D eigenvalue weighted by Crippen LogP contribution is 2.29. The van der Waals surface area contributed by atoms with E-state index in [-0.39, 0.29) is 5.91 Å². The SMILES string of the molecule is CN(CC1(O)CCCCCC1)C(=O)c1noc2c1CCCCC2. The van der Waals surface area contributed by atoms with Crippen molar-refractivity contribution in [3.05, 3.63) is 17.0 Å². The Balaban J connectivity index is 1.71. The summed E-state index contributed by atoms with van der Waals surface area (Å²) in [6.07, 6.45) is 11.1. The molecule has 0 saturated heterocycles. The van der Waals surface area contributed by atoms with Crippen molar-refractivity contribution in [1.82, 2.24) is 10.1 Å². The molecule has 2 aliphatic rings. The first-order valence-electron chi connectivity index (χ1n) is 9.04. The van der Waals surface area contributed by atoms with E-state index in [1.54, 1.807) is 11.9 Å². The number of fused-ring (bicyclic) bond motifs is 1. The van der Waals surface area contributed by atoms with Gasteiger partial charge in [0.15, 0.2) is 5.69 Å². The van der Waals surface area contributed by atoms with E-state index in [1.807, 2.05) is 0 Å². The maximum atomic E-state index is 12.8. The van der Waals surface area contributed by atoms with E-state index in [0.717, 1.165) is 62.7 Å². The Hall–Kier alpha value is -1.36. The Morgan fingerprint density at radius 3 is 2.52 bits per heavy atom. The lowest BCUT2D eigenvalue weighted by molar-refractivity contribution is -0.00166. The summed E-state index contributed by atoms with van der Waals surface area (Å²) in [5, 5.41) is 14.9. The highest BCUT2D eigenvalue weighted by molar-refractivity contribution is 5.93. The smallest absolute Gasteiger partial charge is 0.276 e. The van der Waals surface area contributed by atoms with E-state index in [4.69, 9.17) is 4.52 Å². The lowest BCUT2D eigenvalue weighted by Crippen LogP contribution is -2.44. The Bertz CT molecular complexity index is 544. The molecular weight excluding hydrogens is 292 g/mol. The molecule has 23 heavy (non-hydrogen) atoms. The molecule has 2 aliphatic carbocycles. The van der Waals surface area contributed by atoms with Crippen LogP contribution in [0.15, 0.2) is 4.52 Å². The molecule has 1 saturated carbocycles. The highest BCUT2D eigenvalue weighted by Gasteiger charge is 2.33. The van der Waals surface area contributed by atoms with Crippen LogP contribution in [0.1, 0.15) is 79.6 Å². The summed E-state index contributed by atoms with van der Waals surface area (Å²) in [5.74, 6) is 0.766. The molecule has 0 atom stereocenters. The first-order valence-corrected chi connectivity index (χ1v) is 9.04. The number of aromatic nitrogens is 1. The van der Waals surface area contributed by atoms with E-state index < -0.39 is 5.60 Å². The van der Waals surface area contributed by atoms with Crippen LogP contribution < -0.4 is 0 Å². The van der Waals surface area contributed by atoms with Crippen LogP contribution in [0.4, 0.5) is 0 Å². The maximum Gasteiger partial charge on any atom is 0.276 e. The number of rotatable bonds is 3. The number of aryl methyl sites for hydroxylation is 1. The third-order valence-electron chi connectivity index (χ3n) is 5.32. The van der Waals surface area contributed by atoms with E-state index in [0.29, 0.717) is 12.2 Å². The molecule has 1 fully saturated rings. The average molecular weight is 320 g/mol.